The fraction of sp³-hybridized carbons (Fsp3) is 0.417. The van der Waals surface area contributed by atoms with Crippen molar-refractivity contribution in [2.75, 3.05) is 20.1 Å². The molecule has 0 spiro atoms. The Balaban J connectivity index is 2.20. The molecule has 0 aromatic heterocycles. The largest absolute Gasteiger partial charge is 0.507 e. The van der Waals surface area contributed by atoms with Crippen LogP contribution in [0.15, 0.2) is 18.2 Å². The van der Waals surface area contributed by atoms with Gasteiger partial charge in [0, 0.05) is 26.2 Å². The van der Waals surface area contributed by atoms with E-state index in [-0.39, 0.29) is 11.6 Å². The summed E-state index contributed by atoms with van der Waals surface area (Å²) in [6.45, 7) is 0.920. The van der Waals surface area contributed by atoms with E-state index in [1.807, 2.05) is 0 Å². The third kappa shape index (κ3) is 2.30. The molecule has 98 valence electrons. The SMILES string of the molecule is CN(C(=O)c1ccc(F)cc1O)[C@H]1CNC[C@@H]1O. The number of aromatic hydroxyl groups is 1. The summed E-state index contributed by atoms with van der Waals surface area (Å²) in [5, 5.41) is 22.2. The second-order valence-electron chi connectivity index (χ2n) is 4.37. The number of halogens is 1. The Kier molecular flexibility index (Phi) is 3.49. The molecule has 1 aliphatic rings. The molecule has 1 aromatic carbocycles. The van der Waals surface area contributed by atoms with Gasteiger partial charge in [-0.25, -0.2) is 4.39 Å². The molecule has 1 saturated heterocycles. The zero-order valence-corrected chi connectivity index (χ0v) is 9.93. The summed E-state index contributed by atoms with van der Waals surface area (Å²) in [6.07, 6.45) is -0.637. The number of hydrogen-bond acceptors (Lipinski definition) is 4. The maximum Gasteiger partial charge on any atom is 0.257 e. The van der Waals surface area contributed by atoms with Crippen molar-refractivity contribution in [2.45, 2.75) is 12.1 Å². The number of benzene rings is 1. The maximum atomic E-state index is 12.8. The Morgan fingerprint density at radius 1 is 1.50 bits per heavy atom. The number of aliphatic hydroxyl groups is 1. The van der Waals surface area contributed by atoms with Crippen LogP contribution < -0.4 is 5.32 Å². The summed E-state index contributed by atoms with van der Waals surface area (Å²) < 4.78 is 12.8. The molecule has 2 rings (SSSR count). The first-order chi connectivity index (χ1) is 8.50. The minimum Gasteiger partial charge on any atom is -0.507 e. The molecule has 0 bridgehead atoms. The third-order valence-electron chi connectivity index (χ3n) is 3.16. The normalized spacial score (nSPS) is 23.1. The number of nitrogens with zero attached hydrogens (tertiary/aromatic N) is 1. The molecule has 0 aliphatic carbocycles. The number of carbonyl (C=O) groups excluding carboxylic acids is 1. The van der Waals surface area contributed by atoms with E-state index < -0.39 is 23.6 Å². The fourth-order valence-electron chi connectivity index (χ4n) is 2.07. The smallest absolute Gasteiger partial charge is 0.257 e. The molecule has 0 unspecified atom stereocenters. The van der Waals surface area contributed by atoms with Gasteiger partial charge in [-0.2, -0.15) is 0 Å². The first-order valence-corrected chi connectivity index (χ1v) is 5.65. The van der Waals surface area contributed by atoms with Crippen molar-refractivity contribution < 1.29 is 19.4 Å². The molecular weight excluding hydrogens is 239 g/mol. The highest BCUT2D eigenvalue weighted by Crippen LogP contribution is 2.21. The first-order valence-electron chi connectivity index (χ1n) is 5.65. The Bertz CT molecular complexity index is 467. The minimum atomic E-state index is -0.637. The number of aliphatic hydroxyl groups excluding tert-OH is 1. The number of rotatable bonds is 2. The van der Waals surface area contributed by atoms with Gasteiger partial charge in [0.15, 0.2) is 0 Å². The summed E-state index contributed by atoms with van der Waals surface area (Å²) in [5.41, 5.74) is 0.0259. The van der Waals surface area contributed by atoms with Crippen LogP contribution in [-0.2, 0) is 0 Å². The number of carbonyl (C=O) groups is 1. The van der Waals surface area contributed by atoms with Crippen molar-refractivity contribution in [1.29, 1.82) is 0 Å². The zero-order valence-electron chi connectivity index (χ0n) is 9.93. The molecule has 1 fully saturated rings. The van der Waals surface area contributed by atoms with E-state index in [0.717, 1.165) is 12.1 Å². The first kappa shape index (κ1) is 12.8. The van der Waals surface area contributed by atoms with E-state index in [0.29, 0.717) is 13.1 Å². The topological polar surface area (TPSA) is 72.8 Å². The van der Waals surface area contributed by atoms with Gasteiger partial charge in [0.2, 0.25) is 0 Å². The van der Waals surface area contributed by atoms with Crippen molar-refractivity contribution >= 4 is 5.91 Å². The predicted octanol–water partition coefficient (Wildman–Crippen LogP) is -0.0640. The minimum absolute atomic E-state index is 0.0259. The van der Waals surface area contributed by atoms with Crippen LogP contribution in [0.4, 0.5) is 4.39 Å². The molecule has 18 heavy (non-hydrogen) atoms. The van der Waals surface area contributed by atoms with Crippen molar-refractivity contribution in [3.63, 3.8) is 0 Å². The van der Waals surface area contributed by atoms with Crippen LogP contribution in [0.3, 0.4) is 0 Å². The lowest BCUT2D eigenvalue weighted by Crippen LogP contribution is -2.44. The summed E-state index contributed by atoms with van der Waals surface area (Å²) in [7, 11) is 1.55. The van der Waals surface area contributed by atoms with Gasteiger partial charge in [-0.1, -0.05) is 0 Å². The van der Waals surface area contributed by atoms with Crippen molar-refractivity contribution in [3.8, 4) is 5.75 Å². The predicted molar refractivity (Wildman–Crippen MR) is 62.8 cm³/mol. The summed E-state index contributed by atoms with van der Waals surface area (Å²) in [4.78, 5) is 13.5. The van der Waals surface area contributed by atoms with Crippen molar-refractivity contribution in [1.82, 2.24) is 10.2 Å². The molecule has 3 N–H and O–H groups in total. The molecule has 1 aromatic rings. The van der Waals surface area contributed by atoms with Crippen molar-refractivity contribution in [3.05, 3.63) is 29.6 Å². The van der Waals surface area contributed by atoms with E-state index in [4.69, 9.17) is 0 Å². The van der Waals surface area contributed by atoms with E-state index in [9.17, 15) is 19.4 Å². The molecule has 0 saturated carbocycles. The number of hydrogen-bond donors (Lipinski definition) is 3. The molecule has 1 amide bonds. The van der Waals surface area contributed by atoms with Crippen molar-refractivity contribution in [2.24, 2.45) is 0 Å². The second kappa shape index (κ2) is 4.91. The van der Waals surface area contributed by atoms with Gasteiger partial charge in [-0.3, -0.25) is 4.79 Å². The van der Waals surface area contributed by atoms with E-state index in [1.54, 1.807) is 7.05 Å². The highest BCUT2D eigenvalue weighted by Gasteiger charge is 2.32. The Hall–Kier alpha value is -1.66. The number of β-amino-alcohol motifs (C(OH)–C–C–N with tert-alkyl or cyclic N) is 1. The Labute approximate surface area is 104 Å². The monoisotopic (exact) mass is 254 g/mol. The molecule has 0 radical (unpaired) electrons. The summed E-state index contributed by atoms with van der Waals surface area (Å²) in [5.74, 6) is -1.44. The van der Waals surface area contributed by atoms with Crippen LogP contribution in [-0.4, -0.2) is 53.3 Å². The molecule has 6 heteroatoms. The van der Waals surface area contributed by atoms with Crippen LogP contribution in [0, 0.1) is 5.82 Å². The average Bonchev–Trinajstić information content (AvgIpc) is 2.74. The van der Waals surface area contributed by atoms with Crippen LogP contribution in [0.25, 0.3) is 0 Å². The molecule has 1 heterocycles. The molecular formula is C12H15FN2O3. The number of phenols is 1. The summed E-state index contributed by atoms with van der Waals surface area (Å²) in [6, 6.07) is 2.90. The van der Waals surface area contributed by atoms with E-state index in [1.165, 1.54) is 11.0 Å². The van der Waals surface area contributed by atoms with Gasteiger partial charge in [0.05, 0.1) is 17.7 Å². The second-order valence-corrected chi connectivity index (χ2v) is 4.37. The average molecular weight is 254 g/mol. The number of amides is 1. The van der Waals surface area contributed by atoms with E-state index >= 15 is 0 Å². The van der Waals surface area contributed by atoms with Gasteiger partial charge in [0.25, 0.3) is 5.91 Å². The fourth-order valence-corrected chi connectivity index (χ4v) is 2.07. The highest BCUT2D eigenvalue weighted by atomic mass is 19.1. The van der Waals surface area contributed by atoms with Gasteiger partial charge in [0.1, 0.15) is 11.6 Å². The van der Waals surface area contributed by atoms with Gasteiger partial charge < -0.3 is 20.4 Å². The Morgan fingerprint density at radius 3 is 2.78 bits per heavy atom. The maximum absolute atomic E-state index is 12.8. The molecule has 1 aliphatic heterocycles. The third-order valence-corrected chi connectivity index (χ3v) is 3.16. The lowest BCUT2D eigenvalue weighted by atomic mass is 10.1. The lowest BCUT2D eigenvalue weighted by molar-refractivity contribution is 0.0578. The van der Waals surface area contributed by atoms with Gasteiger partial charge in [-0.15, -0.1) is 0 Å². The lowest BCUT2D eigenvalue weighted by Gasteiger charge is -2.26. The zero-order chi connectivity index (χ0) is 13.3. The van der Waals surface area contributed by atoms with Gasteiger partial charge in [-0.05, 0) is 12.1 Å². The number of nitrogens with one attached hydrogen (secondary N) is 1. The Morgan fingerprint density at radius 2 is 2.22 bits per heavy atom. The van der Waals surface area contributed by atoms with Gasteiger partial charge >= 0.3 is 0 Å². The van der Waals surface area contributed by atoms with Crippen LogP contribution in [0.5, 0.6) is 5.75 Å². The van der Waals surface area contributed by atoms with Crippen LogP contribution >= 0.6 is 0 Å². The quantitative estimate of drug-likeness (QED) is 0.691. The van der Waals surface area contributed by atoms with Crippen LogP contribution in [0.1, 0.15) is 10.4 Å². The number of likely N-dealkylation sites (N-methyl/N-ethyl adjacent to an activating group) is 1. The standard InChI is InChI=1S/C12H15FN2O3/c1-15(9-5-14-6-11(9)17)12(18)8-3-2-7(13)4-10(8)16/h2-4,9,11,14,16-17H,5-6H2,1H3/t9-,11-/m0/s1. The summed E-state index contributed by atoms with van der Waals surface area (Å²) >= 11 is 0. The molecule has 2 atom stereocenters. The molecule has 5 nitrogen and oxygen atoms in total. The number of phenolic OH excluding ortho intramolecular Hbond substituents is 1. The highest BCUT2D eigenvalue weighted by molar-refractivity contribution is 5.96. The van der Waals surface area contributed by atoms with E-state index in [2.05, 4.69) is 5.32 Å². The van der Waals surface area contributed by atoms with Crippen LogP contribution in [0.2, 0.25) is 0 Å².